The first kappa shape index (κ1) is 16.0. The maximum absolute atomic E-state index is 12.5. The molecule has 3 heterocycles. The predicted octanol–water partition coefficient (Wildman–Crippen LogP) is 3.02. The second kappa shape index (κ2) is 6.31. The SMILES string of the molecule is Cc1nc(CNC(=O)c2cc(C)n(-c3ccccn3)c2C)oc1C. The van der Waals surface area contributed by atoms with Crippen LogP contribution in [-0.2, 0) is 6.54 Å². The van der Waals surface area contributed by atoms with Crippen molar-refractivity contribution in [2.75, 3.05) is 0 Å². The molecule has 3 aromatic heterocycles. The molecule has 3 aromatic rings. The lowest BCUT2D eigenvalue weighted by molar-refractivity contribution is 0.0946. The standard InChI is InChI=1S/C18H20N4O2/c1-11-9-15(13(3)22(11)16-7-5-6-8-19-16)18(23)20-10-17-21-12(2)14(4)24-17/h5-9H,10H2,1-4H3,(H,20,23). The number of nitrogens with zero attached hydrogens (tertiary/aromatic N) is 3. The number of aryl methyl sites for hydroxylation is 3. The molecule has 1 N–H and O–H groups in total. The summed E-state index contributed by atoms with van der Waals surface area (Å²) in [5.41, 5.74) is 3.27. The van der Waals surface area contributed by atoms with Crippen molar-refractivity contribution in [1.29, 1.82) is 0 Å². The maximum Gasteiger partial charge on any atom is 0.253 e. The highest BCUT2D eigenvalue weighted by atomic mass is 16.4. The Morgan fingerprint density at radius 1 is 1.25 bits per heavy atom. The molecule has 0 aliphatic heterocycles. The van der Waals surface area contributed by atoms with Gasteiger partial charge in [-0.05, 0) is 45.9 Å². The van der Waals surface area contributed by atoms with Crippen molar-refractivity contribution >= 4 is 5.91 Å². The van der Waals surface area contributed by atoms with Gasteiger partial charge in [0, 0.05) is 17.6 Å². The molecule has 24 heavy (non-hydrogen) atoms. The summed E-state index contributed by atoms with van der Waals surface area (Å²) in [6, 6.07) is 7.57. The van der Waals surface area contributed by atoms with Gasteiger partial charge in [0.25, 0.3) is 5.91 Å². The van der Waals surface area contributed by atoms with Crippen LogP contribution < -0.4 is 5.32 Å². The fraction of sp³-hybridized carbons (Fsp3) is 0.278. The van der Waals surface area contributed by atoms with Gasteiger partial charge in [-0.15, -0.1) is 0 Å². The Hall–Kier alpha value is -2.89. The van der Waals surface area contributed by atoms with Crippen LogP contribution in [0.5, 0.6) is 0 Å². The smallest absolute Gasteiger partial charge is 0.253 e. The summed E-state index contributed by atoms with van der Waals surface area (Å²) in [6.07, 6.45) is 1.74. The largest absolute Gasteiger partial charge is 0.444 e. The minimum Gasteiger partial charge on any atom is -0.444 e. The van der Waals surface area contributed by atoms with Crippen molar-refractivity contribution in [2.24, 2.45) is 0 Å². The first-order valence-electron chi connectivity index (χ1n) is 7.79. The summed E-state index contributed by atoms with van der Waals surface area (Å²) in [5, 5.41) is 2.86. The van der Waals surface area contributed by atoms with Gasteiger partial charge >= 0.3 is 0 Å². The van der Waals surface area contributed by atoms with E-state index in [-0.39, 0.29) is 12.5 Å². The number of rotatable bonds is 4. The molecule has 124 valence electrons. The summed E-state index contributed by atoms with van der Waals surface area (Å²) in [4.78, 5) is 21.1. The predicted molar refractivity (Wildman–Crippen MR) is 90.2 cm³/mol. The molecular weight excluding hydrogens is 304 g/mol. The van der Waals surface area contributed by atoms with E-state index in [2.05, 4.69) is 15.3 Å². The molecule has 6 heteroatoms. The van der Waals surface area contributed by atoms with E-state index in [9.17, 15) is 4.79 Å². The quantitative estimate of drug-likeness (QED) is 0.800. The highest BCUT2D eigenvalue weighted by Gasteiger charge is 2.17. The monoisotopic (exact) mass is 324 g/mol. The third kappa shape index (κ3) is 2.95. The molecule has 6 nitrogen and oxygen atoms in total. The van der Waals surface area contributed by atoms with Crippen LogP contribution in [0.15, 0.2) is 34.9 Å². The molecule has 0 spiro atoms. The number of nitrogens with one attached hydrogen (secondary N) is 1. The van der Waals surface area contributed by atoms with E-state index in [0.29, 0.717) is 11.5 Å². The van der Waals surface area contributed by atoms with Gasteiger partial charge in [-0.3, -0.25) is 4.79 Å². The maximum atomic E-state index is 12.5. The third-order valence-electron chi connectivity index (χ3n) is 4.03. The Labute approximate surface area is 140 Å². The molecule has 0 bridgehead atoms. The van der Waals surface area contributed by atoms with Crippen molar-refractivity contribution in [3.05, 3.63) is 64.8 Å². The summed E-state index contributed by atoms with van der Waals surface area (Å²) in [7, 11) is 0. The van der Waals surface area contributed by atoms with E-state index in [0.717, 1.165) is 28.7 Å². The van der Waals surface area contributed by atoms with Gasteiger partial charge in [-0.25, -0.2) is 9.97 Å². The van der Waals surface area contributed by atoms with Gasteiger partial charge in [-0.2, -0.15) is 0 Å². The molecule has 0 unspecified atom stereocenters. The minimum atomic E-state index is -0.154. The molecule has 0 aromatic carbocycles. The Balaban J connectivity index is 1.81. The number of pyridine rings is 1. The van der Waals surface area contributed by atoms with Crippen molar-refractivity contribution < 1.29 is 9.21 Å². The highest BCUT2D eigenvalue weighted by molar-refractivity contribution is 5.95. The molecule has 0 atom stereocenters. The number of amides is 1. The minimum absolute atomic E-state index is 0.154. The molecule has 0 fully saturated rings. The zero-order valence-electron chi connectivity index (χ0n) is 14.3. The Kier molecular flexibility index (Phi) is 4.20. The van der Waals surface area contributed by atoms with Crippen LogP contribution in [0.4, 0.5) is 0 Å². The first-order valence-corrected chi connectivity index (χ1v) is 7.79. The van der Waals surface area contributed by atoms with E-state index in [1.54, 1.807) is 6.20 Å². The van der Waals surface area contributed by atoms with Crippen LogP contribution in [0, 0.1) is 27.7 Å². The van der Waals surface area contributed by atoms with Gasteiger partial charge in [0.15, 0.2) is 0 Å². The molecule has 3 rings (SSSR count). The topological polar surface area (TPSA) is 73.0 Å². The molecule has 0 aliphatic carbocycles. The lowest BCUT2D eigenvalue weighted by atomic mass is 10.2. The Morgan fingerprint density at radius 2 is 2.04 bits per heavy atom. The van der Waals surface area contributed by atoms with Crippen molar-refractivity contribution in [2.45, 2.75) is 34.2 Å². The first-order chi connectivity index (χ1) is 11.5. The van der Waals surface area contributed by atoms with Gasteiger partial charge in [0.2, 0.25) is 5.89 Å². The Morgan fingerprint density at radius 3 is 2.67 bits per heavy atom. The Bertz CT molecular complexity index is 859. The lowest BCUT2D eigenvalue weighted by Crippen LogP contribution is -2.23. The van der Waals surface area contributed by atoms with Crippen LogP contribution in [-0.4, -0.2) is 20.4 Å². The van der Waals surface area contributed by atoms with Crippen LogP contribution in [0.3, 0.4) is 0 Å². The number of aromatic nitrogens is 3. The number of oxazole rings is 1. The number of hydrogen-bond acceptors (Lipinski definition) is 4. The second-order valence-corrected chi connectivity index (χ2v) is 5.74. The summed E-state index contributed by atoms with van der Waals surface area (Å²) in [6.45, 7) is 7.87. The van der Waals surface area contributed by atoms with Crippen LogP contribution in [0.1, 0.15) is 39.1 Å². The number of carbonyl (C=O) groups is 1. The summed E-state index contributed by atoms with van der Waals surface area (Å²) >= 11 is 0. The summed E-state index contributed by atoms with van der Waals surface area (Å²) in [5.74, 6) is 1.92. The van der Waals surface area contributed by atoms with Crippen LogP contribution in [0.2, 0.25) is 0 Å². The average molecular weight is 324 g/mol. The van der Waals surface area contributed by atoms with E-state index < -0.39 is 0 Å². The highest BCUT2D eigenvalue weighted by Crippen LogP contribution is 2.19. The van der Waals surface area contributed by atoms with Crippen LogP contribution in [0.25, 0.3) is 5.82 Å². The molecule has 0 saturated heterocycles. The molecule has 0 aliphatic rings. The van der Waals surface area contributed by atoms with E-state index in [1.807, 2.05) is 56.5 Å². The molecule has 1 amide bonds. The molecule has 0 radical (unpaired) electrons. The van der Waals surface area contributed by atoms with Crippen molar-refractivity contribution in [1.82, 2.24) is 19.9 Å². The van der Waals surface area contributed by atoms with Gasteiger partial charge < -0.3 is 14.3 Å². The zero-order valence-corrected chi connectivity index (χ0v) is 14.3. The van der Waals surface area contributed by atoms with Gasteiger partial charge in [0.05, 0.1) is 17.8 Å². The number of carbonyl (C=O) groups excluding carboxylic acids is 1. The van der Waals surface area contributed by atoms with Gasteiger partial charge in [-0.1, -0.05) is 6.07 Å². The van der Waals surface area contributed by atoms with Crippen LogP contribution >= 0.6 is 0 Å². The fourth-order valence-corrected chi connectivity index (χ4v) is 2.70. The normalized spacial score (nSPS) is 10.8. The fourth-order valence-electron chi connectivity index (χ4n) is 2.70. The van der Waals surface area contributed by atoms with E-state index in [1.165, 1.54) is 0 Å². The van der Waals surface area contributed by atoms with Crippen molar-refractivity contribution in [3.63, 3.8) is 0 Å². The summed E-state index contributed by atoms with van der Waals surface area (Å²) < 4.78 is 7.45. The number of hydrogen-bond donors (Lipinski definition) is 1. The lowest BCUT2D eigenvalue weighted by Gasteiger charge is -2.08. The van der Waals surface area contributed by atoms with E-state index in [4.69, 9.17) is 4.42 Å². The van der Waals surface area contributed by atoms with E-state index >= 15 is 0 Å². The average Bonchev–Trinajstić information content (AvgIpc) is 3.05. The molecular formula is C18H20N4O2. The van der Waals surface area contributed by atoms with Crippen molar-refractivity contribution in [3.8, 4) is 5.82 Å². The van der Waals surface area contributed by atoms with Gasteiger partial charge in [0.1, 0.15) is 11.6 Å². The second-order valence-electron chi connectivity index (χ2n) is 5.74. The zero-order chi connectivity index (χ0) is 17.3. The molecule has 0 saturated carbocycles. The third-order valence-corrected chi connectivity index (χ3v) is 4.03.